The minimum atomic E-state index is 0.687. The second kappa shape index (κ2) is 8.89. The van der Waals surface area contributed by atoms with Crippen LogP contribution in [0, 0.1) is 6.92 Å². The Morgan fingerprint density at radius 2 is 2.18 bits per heavy atom. The van der Waals surface area contributed by atoms with Crippen LogP contribution in [0.1, 0.15) is 44.5 Å². The van der Waals surface area contributed by atoms with E-state index in [1.54, 1.807) is 11.3 Å². The molecule has 1 heterocycles. The van der Waals surface area contributed by atoms with E-state index in [2.05, 4.69) is 29.4 Å². The molecule has 98 valence electrons. The molecule has 0 radical (unpaired) electrons. The van der Waals surface area contributed by atoms with Crippen LogP contribution < -0.4 is 5.32 Å². The molecule has 0 saturated carbocycles. The Labute approximate surface area is 113 Å². The van der Waals surface area contributed by atoms with E-state index in [-0.39, 0.29) is 0 Å². The fourth-order valence-corrected chi connectivity index (χ4v) is 3.47. The van der Waals surface area contributed by atoms with Gasteiger partial charge in [0.1, 0.15) is 5.01 Å². The highest BCUT2D eigenvalue weighted by Crippen LogP contribution is 2.23. The molecule has 0 aliphatic rings. The first kappa shape index (κ1) is 14.9. The molecule has 0 aliphatic carbocycles. The van der Waals surface area contributed by atoms with Crippen molar-refractivity contribution in [3.8, 4) is 0 Å². The molecule has 1 atom stereocenters. The van der Waals surface area contributed by atoms with E-state index in [1.807, 2.05) is 18.7 Å². The lowest BCUT2D eigenvalue weighted by molar-refractivity contribution is 0.465. The van der Waals surface area contributed by atoms with Crippen molar-refractivity contribution in [1.29, 1.82) is 0 Å². The first-order valence-electron chi connectivity index (χ1n) is 6.42. The largest absolute Gasteiger partial charge is 0.314 e. The van der Waals surface area contributed by atoms with Gasteiger partial charge in [0.15, 0.2) is 4.34 Å². The van der Waals surface area contributed by atoms with E-state index in [1.165, 1.54) is 25.7 Å². The average molecular weight is 273 g/mol. The summed E-state index contributed by atoms with van der Waals surface area (Å²) in [5.74, 6) is 1.15. The zero-order chi connectivity index (χ0) is 12.5. The normalized spacial score (nSPS) is 12.9. The summed E-state index contributed by atoms with van der Waals surface area (Å²) in [5.41, 5.74) is 0. The van der Waals surface area contributed by atoms with Crippen LogP contribution in [-0.2, 0) is 0 Å². The van der Waals surface area contributed by atoms with Crippen molar-refractivity contribution < 1.29 is 0 Å². The summed E-state index contributed by atoms with van der Waals surface area (Å²) < 4.78 is 1.11. The van der Waals surface area contributed by atoms with Gasteiger partial charge in [-0.1, -0.05) is 36.9 Å². The van der Waals surface area contributed by atoms with Gasteiger partial charge >= 0.3 is 0 Å². The first-order chi connectivity index (χ1) is 8.26. The molecule has 5 heteroatoms. The molecule has 0 aliphatic heterocycles. The summed E-state index contributed by atoms with van der Waals surface area (Å²) in [6.07, 6.45) is 4.96. The summed E-state index contributed by atoms with van der Waals surface area (Å²) >= 11 is 3.53. The Balaban J connectivity index is 2.09. The van der Waals surface area contributed by atoms with Crippen LogP contribution in [0.3, 0.4) is 0 Å². The van der Waals surface area contributed by atoms with Crippen LogP contribution in [0.2, 0.25) is 0 Å². The number of hydrogen-bond acceptors (Lipinski definition) is 5. The molecule has 1 N–H and O–H groups in total. The molecule has 1 aromatic rings. The Morgan fingerprint density at radius 1 is 1.35 bits per heavy atom. The Morgan fingerprint density at radius 3 is 2.76 bits per heavy atom. The maximum atomic E-state index is 4.12. The second-order valence-electron chi connectivity index (χ2n) is 4.14. The SMILES string of the molecule is CCCNC(CC)CCCSc1nnc(C)s1. The van der Waals surface area contributed by atoms with Gasteiger partial charge in [-0.25, -0.2) is 0 Å². The van der Waals surface area contributed by atoms with E-state index >= 15 is 0 Å². The van der Waals surface area contributed by atoms with Gasteiger partial charge in [0, 0.05) is 11.8 Å². The lowest BCUT2D eigenvalue weighted by Gasteiger charge is -2.15. The summed E-state index contributed by atoms with van der Waals surface area (Å²) in [7, 11) is 0. The van der Waals surface area contributed by atoms with Crippen LogP contribution in [0.5, 0.6) is 0 Å². The molecule has 0 saturated heterocycles. The molecule has 0 bridgehead atoms. The molecule has 0 fully saturated rings. The molecule has 1 aromatic heterocycles. The maximum Gasteiger partial charge on any atom is 0.174 e. The third-order valence-corrected chi connectivity index (χ3v) is 4.66. The summed E-state index contributed by atoms with van der Waals surface area (Å²) in [4.78, 5) is 0. The molecule has 1 unspecified atom stereocenters. The molecule has 0 amide bonds. The number of aromatic nitrogens is 2. The molecular formula is C12H23N3S2. The molecule has 17 heavy (non-hydrogen) atoms. The summed E-state index contributed by atoms with van der Waals surface area (Å²) in [5, 5.41) is 12.8. The third-order valence-electron chi connectivity index (χ3n) is 2.61. The zero-order valence-electron chi connectivity index (χ0n) is 11.0. The topological polar surface area (TPSA) is 37.8 Å². The minimum Gasteiger partial charge on any atom is -0.314 e. The standard InChI is InChI=1S/C12H23N3S2/c1-4-8-13-11(5-2)7-6-9-16-12-15-14-10(3)17-12/h11,13H,4-9H2,1-3H3. The number of rotatable bonds is 9. The predicted molar refractivity (Wildman–Crippen MR) is 77.0 cm³/mol. The van der Waals surface area contributed by atoms with Crippen LogP contribution >= 0.6 is 23.1 Å². The Kier molecular flexibility index (Phi) is 7.81. The average Bonchev–Trinajstić information content (AvgIpc) is 2.74. The Bertz CT molecular complexity index is 302. The molecule has 3 nitrogen and oxygen atoms in total. The highest BCUT2D eigenvalue weighted by molar-refractivity contribution is 8.01. The van der Waals surface area contributed by atoms with Crippen molar-refractivity contribution in [3.63, 3.8) is 0 Å². The van der Waals surface area contributed by atoms with Gasteiger partial charge < -0.3 is 5.32 Å². The van der Waals surface area contributed by atoms with Crippen molar-refractivity contribution >= 4 is 23.1 Å². The van der Waals surface area contributed by atoms with Crippen LogP contribution in [0.25, 0.3) is 0 Å². The first-order valence-corrected chi connectivity index (χ1v) is 8.22. The zero-order valence-corrected chi connectivity index (χ0v) is 12.7. The number of nitrogens with one attached hydrogen (secondary N) is 1. The molecular weight excluding hydrogens is 250 g/mol. The second-order valence-corrected chi connectivity index (χ2v) is 6.66. The fraction of sp³-hybridized carbons (Fsp3) is 0.833. The van der Waals surface area contributed by atoms with E-state index < -0.39 is 0 Å². The van der Waals surface area contributed by atoms with Crippen LogP contribution in [0.4, 0.5) is 0 Å². The Hall–Kier alpha value is -0.130. The van der Waals surface area contributed by atoms with Gasteiger partial charge in [-0.15, -0.1) is 10.2 Å². The van der Waals surface area contributed by atoms with E-state index in [9.17, 15) is 0 Å². The van der Waals surface area contributed by atoms with Gasteiger partial charge in [0.05, 0.1) is 0 Å². The lowest BCUT2D eigenvalue weighted by atomic mass is 10.1. The van der Waals surface area contributed by atoms with Crippen LogP contribution in [-0.4, -0.2) is 28.5 Å². The summed E-state index contributed by atoms with van der Waals surface area (Å²) in [6.45, 7) is 7.62. The van der Waals surface area contributed by atoms with E-state index in [0.717, 1.165) is 21.6 Å². The highest BCUT2D eigenvalue weighted by Gasteiger charge is 2.05. The molecule has 0 aromatic carbocycles. The van der Waals surface area contributed by atoms with E-state index in [4.69, 9.17) is 0 Å². The van der Waals surface area contributed by atoms with Crippen molar-refractivity contribution in [2.75, 3.05) is 12.3 Å². The summed E-state index contributed by atoms with van der Waals surface area (Å²) in [6, 6.07) is 0.687. The van der Waals surface area contributed by atoms with Crippen molar-refractivity contribution in [1.82, 2.24) is 15.5 Å². The van der Waals surface area contributed by atoms with Gasteiger partial charge in [-0.05, 0) is 39.2 Å². The monoisotopic (exact) mass is 273 g/mol. The number of hydrogen-bond donors (Lipinski definition) is 1. The predicted octanol–water partition coefficient (Wildman–Crippen LogP) is 3.50. The quantitative estimate of drug-likeness (QED) is 0.552. The van der Waals surface area contributed by atoms with Crippen molar-refractivity contribution in [2.24, 2.45) is 0 Å². The fourth-order valence-electron chi connectivity index (χ4n) is 1.62. The lowest BCUT2D eigenvalue weighted by Crippen LogP contribution is -2.29. The van der Waals surface area contributed by atoms with Gasteiger partial charge in [0.2, 0.25) is 0 Å². The molecule has 0 spiro atoms. The number of nitrogens with zero attached hydrogens (tertiary/aromatic N) is 2. The van der Waals surface area contributed by atoms with E-state index in [0.29, 0.717) is 6.04 Å². The van der Waals surface area contributed by atoms with Gasteiger partial charge in [0.25, 0.3) is 0 Å². The third kappa shape index (κ3) is 6.38. The number of aryl methyl sites for hydroxylation is 1. The maximum absolute atomic E-state index is 4.12. The smallest absolute Gasteiger partial charge is 0.174 e. The molecule has 1 rings (SSSR count). The van der Waals surface area contributed by atoms with Gasteiger partial charge in [-0.3, -0.25) is 0 Å². The van der Waals surface area contributed by atoms with Crippen molar-refractivity contribution in [2.45, 2.75) is 56.8 Å². The number of thioether (sulfide) groups is 1. The van der Waals surface area contributed by atoms with Gasteiger partial charge in [-0.2, -0.15) is 0 Å². The highest BCUT2D eigenvalue weighted by atomic mass is 32.2. The van der Waals surface area contributed by atoms with Crippen LogP contribution in [0.15, 0.2) is 4.34 Å². The van der Waals surface area contributed by atoms with Crippen molar-refractivity contribution in [3.05, 3.63) is 5.01 Å². The minimum absolute atomic E-state index is 0.687.